The molecule has 0 saturated heterocycles. The lowest BCUT2D eigenvalue weighted by Crippen LogP contribution is -2.15. The molecule has 0 heterocycles. The monoisotopic (exact) mass is 276 g/mol. The highest BCUT2D eigenvalue weighted by atomic mass is 35.5. The molecule has 0 bridgehead atoms. The van der Waals surface area contributed by atoms with Crippen LogP contribution in [0, 0.1) is 17.2 Å². The number of halogens is 1. The number of hydrogen-bond donors (Lipinski definition) is 1. The first-order valence-electron chi connectivity index (χ1n) is 7.19. The van der Waals surface area contributed by atoms with E-state index in [2.05, 4.69) is 11.4 Å². The Morgan fingerprint density at radius 2 is 2.11 bits per heavy atom. The van der Waals surface area contributed by atoms with Gasteiger partial charge in [0.25, 0.3) is 0 Å². The van der Waals surface area contributed by atoms with Gasteiger partial charge in [-0.1, -0.05) is 43.4 Å². The lowest BCUT2D eigenvalue weighted by atomic mass is 10.0. The molecule has 1 aliphatic carbocycles. The minimum Gasteiger partial charge on any atom is -0.313 e. The summed E-state index contributed by atoms with van der Waals surface area (Å²) in [6, 6.07) is 7.59. The zero-order chi connectivity index (χ0) is 13.5. The highest BCUT2D eigenvalue weighted by Gasteiger charge is 2.13. The summed E-state index contributed by atoms with van der Waals surface area (Å²) < 4.78 is 0. The van der Waals surface area contributed by atoms with E-state index in [1.807, 2.05) is 12.1 Å². The zero-order valence-electron chi connectivity index (χ0n) is 11.3. The third-order valence-electron chi connectivity index (χ3n) is 3.94. The summed E-state index contributed by atoms with van der Waals surface area (Å²) in [4.78, 5) is 0. The minimum atomic E-state index is 0.620. The fraction of sp³-hybridized carbons (Fsp3) is 0.562. The molecule has 2 nitrogen and oxygen atoms in total. The van der Waals surface area contributed by atoms with Crippen LogP contribution in [0.2, 0.25) is 5.02 Å². The fourth-order valence-electron chi connectivity index (χ4n) is 2.80. The second-order valence-electron chi connectivity index (χ2n) is 5.39. The molecule has 0 spiro atoms. The molecule has 0 unspecified atom stereocenters. The Morgan fingerprint density at radius 3 is 2.79 bits per heavy atom. The highest BCUT2D eigenvalue weighted by Crippen LogP contribution is 2.28. The molecule has 102 valence electrons. The average Bonchev–Trinajstić information content (AvgIpc) is 2.93. The van der Waals surface area contributed by atoms with Gasteiger partial charge in [-0.05, 0) is 43.0 Å². The molecule has 1 N–H and O–H groups in total. The number of benzene rings is 1. The van der Waals surface area contributed by atoms with Gasteiger partial charge in [0.1, 0.15) is 0 Å². The Kier molecular flexibility index (Phi) is 5.69. The number of nitriles is 1. The Labute approximate surface area is 120 Å². The zero-order valence-corrected chi connectivity index (χ0v) is 12.0. The maximum absolute atomic E-state index is 8.78. The third-order valence-corrected chi connectivity index (χ3v) is 4.29. The number of hydrogen-bond acceptors (Lipinski definition) is 2. The number of rotatable bonds is 6. The van der Waals surface area contributed by atoms with E-state index in [0.29, 0.717) is 10.6 Å². The predicted molar refractivity (Wildman–Crippen MR) is 79.1 cm³/mol. The maximum atomic E-state index is 8.78. The Bertz CT molecular complexity index is 445. The van der Waals surface area contributed by atoms with Gasteiger partial charge in [-0.3, -0.25) is 0 Å². The van der Waals surface area contributed by atoms with E-state index in [0.717, 1.165) is 24.6 Å². The SMILES string of the molecule is N#Cc1ccc(CNCCCC2CCCC2)c(Cl)c1. The topological polar surface area (TPSA) is 35.8 Å². The van der Waals surface area contributed by atoms with Crippen molar-refractivity contribution < 1.29 is 0 Å². The van der Waals surface area contributed by atoms with E-state index in [9.17, 15) is 0 Å². The van der Waals surface area contributed by atoms with Gasteiger partial charge in [-0.15, -0.1) is 0 Å². The van der Waals surface area contributed by atoms with Crippen LogP contribution < -0.4 is 5.32 Å². The predicted octanol–water partition coefficient (Wildman–Crippen LogP) is 4.27. The fourth-order valence-corrected chi connectivity index (χ4v) is 3.05. The Hall–Kier alpha value is -1.04. The van der Waals surface area contributed by atoms with Crippen LogP contribution >= 0.6 is 11.6 Å². The molecule has 19 heavy (non-hydrogen) atoms. The molecule has 0 radical (unpaired) electrons. The summed E-state index contributed by atoms with van der Waals surface area (Å²) in [5.41, 5.74) is 1.69. The first kappa shape index (κ1) is 14.4. The molecule has 1 aliphatic rings. The van der Waals surface area contributed by atoms with Gasteiger partial charge in [0.05, 0.1) is 11.6 Å². The molecule has 0 aromatic heterocycles. The van der Waals surface area contributed by atoms with Crippen LogP contribution in [0.15, 0.2) is 18.2 Å². The van der Waals surface area contributed by atoms with Crippen LogP contribution in [-0.4, -0.2) is 6.54 Å². The van der Waals surface area contributed by atoms with Crippen molar-refractivity contribution in [2.75, 3.05) is 6.54 Å². The summed E-state index contributed by atoms with van der Waals surface area (Å²) in [5, 5.41) is 12.9. The van der Waals surface area contributed by atoms with Gasteiger partial charge in [-0.25, -0.2) is 0 Å². The first-order valence-corrected chi connectivity index (χ1v) is 7.56. The summed E-state index contributed by atoms with van der Waals surface area (Å²) >= 11 is 6.13. The molecule has 1 fully saturated rings. The third kappa shape index (κ3) is 4.53. The van der Waals surface area contributed by atoms with Crippen LogP contribution in [0.1, 0.15) is 49.7 Å². The maximum Gasteiger partial charge on any atom is 0.0992 e. The molecule has 1 aromatic rings. The Morgan fingerprint density at radius 1 is 1.32 bits per heavy atom. The van der Waals surface area contributed by atoms with Crippen LogP contribution in [-0.2, 0) is 6.54 Å². The standard InChI is InChI=1S/C16H21ClN2/c17-16-10-14(11-18)7-8-15(16)12-19-9-3-6-13-4-1-2-5-13/h7-8,10,13,19H,1-6,9,12H2. The van der Waals surface area contributed by atoms with Crippen LogP contribution in [0.25, 0.3) is 0 Å². The van der Waals surface area contributed by atoms with Gasteiger partial charge < -0.3 is 5.32 Å². The van der Waals surface area contributed by atoms with Crippen LogP contribution in [0.3, 0.4) is 0 Å². The quantitative estimate of drug-likeness (QED) is 0.788. The van der Waals surface area contributed by atoms with Crippen molar-refractivity contribution in [1.82, 2.24) is 5.32 Å². The largest absolute Gasteiger partial charge is 0.313 e. The van der Waals surface area contributed by atoms with Gasteiger partial charge in [0.15, 0.2) is 0 Å². The van der Waals surface area contributed by atoms with Crippen molar-refractivity contribution in [1.29, 1.82) is 5.26 Å². The van der Waals surface area contributed by atoms with E-state index >= 15 is 0 Å². The number of nitrogens with one attached hydrogen (secondary N) is 1. The molecular weight excluding hydrogens is 256 g/mol. The lowest BCUT2D eigenvalue weighted by Gasteiger charge is -2.10. The summed E-state index contributed by atoms with van der Waals surface area (Å²) in [6.07, 6.45) is 8.33. The minimum absolute atomic E-state index is 0.620. The molecule has 2 rings (SSSR count). The molecule has 0 amide bonds. The van der Waals surface area contributed by atoms with E-state index in [1.165, 1.54) is 38.5 Å². The van der Waals surface area contributed by atoms with Crippen LogP contribution in [0.5, 0.6) is 0 Å². The molecular formula is C16H21ClN2. The van der Waals surface area contributed by atoms with Crippen molar-refractivity contribution in [2.24, 2.45) is 5.92 Å². The average molecular weight is 277 g/mol. The van der Waals surface area contributed by atoms with Crippen molar-refractivity contribution in [3.63, 3.8) is 0 Å². The molecule has 1 aromatic carbocycles. The number of nitrogens with zero attached hydrogens (tertiary/aromatic N) is 1. The molecule has 3 heteroatoms. The molecule has 1 saturated carbocycles. The van der Waals surface area contributed by atoms with Gasteiger partial charge in [0.2, 0.25) is 0 Å². The normalized spacial score (nSPS) is 15.6. The second kappa shape index (κ2) is 7.53. The lowest BCUT2D eigenvalue weighted by molar-refractivity contribution is 0.470. The first-order chi connectivity index (χ1) is 9.29. The Balaban J connectivity index is 1.66. The van der Waals surface area contributed by atoms with E-state index in [4.69, 9.17) is 16.9 Å². The highest BCUT2D eigenvalue weighted by molar-refractivity contribution is 6.31. The summed E-state index contributed by atoms with van der Waals surface area (Å²) in [6.45, 7) is 1.84. The van der Waals surface area contributed by atoms with E-state index in [-0.39, 0.29) is 0 Å². The smallest absolute Gasteiger partial charge is 0.0992 e. The van der Waals surface area contributed by atoms with E-state index in [1.54, 1.807) is 6.07 Å². The van der Waals surface area contributed by atoms with Crippen molar-refractivity contribution >= 4 is 11.6 Å². The van der Waals surface area contributed by atoms with Gasteiger partial charge in [0, 0.05) is 11.6 Å². The van der Waals surface area contributed by atoms with Crippen LogP contribution in [0.4, 0.5) is 0 Å². The van der Waals surface area contributed by atoms with Gasteiger partial charge in [-0.2, -0.15) is 5.26 Å². The second-order valence-corrected chi connectivity index (χ2v) is 5.79. The van der Waals surface area contributed by atoms with Gasteiger partial charge >= 0.3 is 0 Å². The molecule has 0 atom stereocenters. The van der Waals surface area contributed by atoms with Crippen molar-refractivity contribution in [3.8, 4) is 6.07 Å². The molecule has 0 aliphatic heterocycles. The van der Waals surface area contributed by atoms with E-state index < -0.39 is 0 Å². The summed E-state index contributed by atoms with van der Waals surface area (Å²) in [5.74, 6) is 0.973. The van der Waals surface area contributed by atoms with Crippen molar-refractivity contribution in [2.45, 2.75) is 45.1 Å². The van der Waals surface area contributed by atoms with Crippen molar-refractivity contribution in [3.05, 3.63) is 34.3 Å². The summed E-state index contributed by atoms with van der Waals surface area (Å²) in [7, 11) is 0.